The molecule has 1 aromatic carbocycles. The van der Waals surface area contributed by atoms with E-state index >= 15 is 0 Å². The van der Waals surface area contributed by atoms with Crippen molar-refractivity contribution in [1.82, 2.24) is 19.4 Å². The lowest BCUT2D eigenvalue weighted by molar-refractivity contribution is 0.0751. The molecule has 0 aliphatic carbocycles. The topological polar surface area (TPSA) is 108 Å². The number of aromatic nitrogens is 2. The predicted octanol–water partition coefficient (Wildman–Crippen LogP) is 0.849. The summed E-state index contributed by atoms with van der Waals surface area (Å²) in [4.78, 5) is 42.7. The molecule has 172 valence electrons. The molecule has 3 heterocycles. The number of aromatic amines is 1. The van der Waals surface area contributed by atoms with Crippen LogP contribution >= 0.6 is 0 Å². The van der Waals surface area contributed by atoms with Crippen molar-refractivity contribution in [2.24, 2.45) is 0 Å². The van der Waals surface area contributed by atoms with Crippen LogP contribution in [0.5, 0.6) is 5.75 Å². The van der Waals surface area contributed by atoms with Crippen LogP contribution in [0.2, 0.25) is 0 Å². The molecule has 2 atom stereocenters. The van der Waals surface area contributed by atoms with E-state index in [2.05, 4.69) is 9.88 Å². The molecule has 0 radical (unpaired) electrons. The third kappa shape index (κ3) is 5.28. The van der Waals surface area contributed by atoms with Crippen molar-refractivity contribution >= 4 is 5.91 Å². The number of benzene rings is 1. The molecule has 9 nitrogen and oxygen atoms in total. The van der Waals surface area contributed by atoms with Crippen LogP contribution in [0, 0.1) is 0 Å². The molecule has 1 aromatic heterocycles. The number of aliphatic hydroxyl groups is 1. The van der Waals surface area contributed by atoms with Crippen molar-refractivity contribution in [2.45, 2.75) is 37.8 Å². The van der Waals surface area contributed by atoms with E-state index in [0.29, 0.717) is 38.1 Å². The monoisotopic (exact) mass is 442 g/mol. The molecule has 9 heteroatoms. The third-order valence-corrected chi connectivity index (χ3v) is 6.31. The fourth-order valence-corrected chi connectivity index (χ4v) is 4.46. The molecule has 0 bridgehead atoms. The minimum absolute atomic E-state index is 0.115. The summed E-state index contributed by atoms with van der Waals surface area (Å²) in [5, 5.41) is 10.6. The van der Waals surface area contributed by atoms with Gasteiger partial charge in [0.05, 0.1) is 12.1 Å². The lowest BCUT2D eigenvalue weighted by Crippen LogP contribution is -2.36. The summed E-state index contributed by atoms with van der Waals surface area (Å²) >= 11 is 0. The first-order chi connectivity index (χ1) is 15.5. The first kappa shape index (κ1) is 22.3. The fraction of sp³-hybridized carbons (Fsp3) is 0.522. The van der Waals surface area contributed by atoms with Gasteiger partial charge in [0.2, 0.25) is 0 Å². The summed E-state index contributed by atoms with van der Waals surface area (Å²) in [5.41, 5.74) is -0.470. The van der Waals surface area contributed by atoms with Crippen LogP contribution in [-0.4, -0.2) is 75.8 Å². The Bertz CT molecular complexity index is 1030. The number of carbonyl (C=O) groups is 1. The average molecular weight is 443 g/mol. The van der Waals surface area contributed by atoms with Gasteiger partial charge < -0.3 is 14.7 Å². The van der Waals surface area contributed by atoms with Gasteiger partial charge in [-0.25, -0.2) is 4.79 Å². The van der Waals surface area contributed by atoms with Crippen LogP contribution in [0.3, 0.4) is 0 Å². The van der Waals surface area contributed by atoms with E-state index in [9.17, 15) is 19.5 Å². The number of H-pyrrole nitrogens is 1. The SMILES string of the molecule is O=C(c1ccc(OCCN2CCCC2)cc1)N1CC[C@H](O)[C@@H](n2ccc(=O)[nH]c2=O)CC1. The average Bonchev–Trinajstić information content (AvgIpc) is 3.23. The first-order valence-electron chi connectivity index (χ1n) is 11.3. The first-order valence-corrected chi connectivity index (χ1v) is 11.3. The molecule has 2 fully saturated rings. The summed E-state index contributed by atoms with van der Waals surface area (Å²) in [6.45, 7) is 4.61. The van der Waals surface area contributed by atoms with Gasteiger partial charge in [-0.1, -0.05) is 0 Å². The molecular weight excluding hydrogens is 412 g/mol. The van der Waals surface area contributed by atoms with Crippen LogP contribution in [0.25, 0.3) is 0 Å². The lowest BCUT2D eigenvalue weighted by Gasteiger charge is -2.22. The molecular formula is C23H30N4O5. The van der Waals surface area contributed by atoms with Gasteiger partial charge in [-0.3, -0.25) is 24.0 Å². The number of likely N-dealkylation sites (tertiary alicyclic amines) is 2. The Kier molecular flexibility index (Phi) is 7.06. The van der Waals surface area contributed by atoms with Crippen LogP contribution in [0.15, 0.2) is 46.1 Å². The Balaban J connectivity index is 1.34. The zero-order valence-electron chi connectivity index (χ0n) is 18.1. The van der Waals surface area contributed by atoms with Gasteiger partial charge in [0.15, 0.2) is 0 Å². The summed E-state index contributed by atoms with van der Waals surface area (Å²) in [6, 6.07) is 7.91. The zero-order valence-corrected chi connectivity index (χ0v) is 18.1. The number of hydrogen-bond acceptors (Lipinski definition) is 6. The molecule has 2 aromatic rings. The van der Waals surface area contributed by atoms with E-state index in [4.69, 9.17) is 4.74 Å². The van der Waals surface area contributed by atoms with E-state index < -0.39 is 23.4 Å². The number of carbonyl (C=O) groups excluding carboxylic acids is 1. The van der Waals surface area contributed by atoms with Gasteiger partial charge in [-0.05, 0) is 63.0 Å². The Morgan fingerprint density at radius 2 is 1.75 bits per heavy atom. The molecule has 2 aliphatic rings. The van der Waals surface area contributed by atoms with Crippen LogP contribution in [0.1, 0.15) is 42.1 Å². The molecule has 2 aliphatic heterocycles. The Hall–Kier alpha value is -2.91. The van der Waals surface area contributed by atoms with Crippen LogP contribution in [0.4, 0.5) is 0 Å². The summed E-state index contributed by atoms with van der Waals surface area (Å²) in [7, 11) is 0. The van der Waals surface area contributed by atoms with E-state index in [1.165, 1.54) is 29.7 Å². The standard InChI is InChI=1S/C23H30N4O5/c28-20-8-13-26(12-7-19(20)27-14-9-21(29)24-23(27)31)22(30)17-3-5-18(6-4-17)32-16-15-25-10-1-2-11-25/h3-6,9,14,19-20,28H,1-2,7-8,10-13,15-16H2,(H,24,29,31)/t19-,20-/m0/s1. The molecule has 0 unspecified atom stereocenters. The van der Waals surface area contributed by atoms with Crippen molar-refractivity contribution in [3.8, 4) is 5.75 Å². The highest BCUT2D eigenvalue weighted by atomic mass is 16.5. The summed E-state index contributed by atoms with van der Waals surface area (Å²) < 4.78 is 7.15. The maximum Gasteiger partial charge on any atom is 0.328 e. The molecule has 1 amide bonds. The number of aliphatic hydroxyl groups excluding tert-OH is 1. The van der Waals surface area contributed by atoms with Gasteiger partial charge in [0, 0.05) is 37.5 Å². The van der Waals surface area contributed by atoms with Crippen LogP contribution in [-0.2, 0) is 0 Å². The summed E-state index contributed by atoms with van der Waals surface area (Å²) in [5.74, 6) is 0.625. The molecule has 32 heavy (non-hydrogen) atoms. The van der Waals surface area contributed by atoms with Crippen molar-refractivity contribution in [1.29, 1.82) is 0 Å². The molecule has 2 saturated heterocycles. The van der Waals surface area contributed by atoms with Gasteiger partial charge in [0.25, 0.3) is 11.5 Å². The van der Waals surface area contributed by atoms with Gasteiger partial charge in [-0.15, -0.1) is 0 Å². The molecule has 4 rings (SSSR count). The Morgan fingerprint density at radius 1 is 1.03 bits per heavy atom. The van der Waals surface area contributed by atoms with Crippen molar-refractivity contribution in [2.75, 3.05) is 39.3 Å². The number of rotatable bonds is 6. The largest absolute Gasteiger partial charge is 0.492 e. The number of nitrogens with one attached hydrogen (secondary N) is 1. The van der Waals surface area contributed by atoms with E-state index in [1.54, 1.807) is 17.0 Å². The second-order valence-electron chi connectivity index (χ2n) is 8.44. The highest BCUT2D eigenvalue weighted by Crippen LogP contribution is 2.23. The fourth-order valence-electron chi connectivity index (χ4n) is 4.46. The zero-order chi connectivity index (χ0) is 22.5. The second kappa shape index (κ2) is 10.1. The quantitative estimate of drug-likeness (QED) is 0.687. The molecule has 0 spiro atoms. The van der Waals surface area contributed by atoms with Gasteiger partial charge >= 0.3 is 5.69 Å². The lowest BCUT2D eigenvalue weighted by atomic mass is 10.1. The highest BCUT2D eigenvalue weighted by molar-refractivity contribution is 5.94. The predicted molar refractivity (Wildman–Crippen MR) is 119 cm³/mol. The summed E-state index contributed by atoms with van der Waals surface area (Å²) in [6.07, 6.45) is 3.88. The minimum atomic E-state index is -0.789. The van der Waals surface area contributed by atoms with E-state index in [-0.39, 0.29) is 5.91 Å². The minimum Gasteiger partial charge on any atom is -0.492 e. The number of nitrogens with zero attached hydrogens (tertiary/aromatic N) is 3. The molecule has 2 N–H and O–H groups in total. The number of ether oxygens (including phenoxy) is 1. The number of hydrogen-bond donors (Lipinski definition) is 2. The maximum atomic E-state index is 13.0. The van der Waals surface area contributed by atoms with Gasteiger partial charge in [0.1, 0.15) is 12.4 Å². The van der Waals surface area contributed by atoms with E-state index in [1.807, 2.05) is 12.1 Å². The third-order valence-electron chi connectivity index (χ3n) is 6.31. The Morgan fingerprint density at radius 3 is 2.47 bits per heavy atom. The normalized spacial score (nSPS) is 22.0. The maximum absolute atomic E-state index is 13.0. The second-order valence-corrected chi connectivity index (χ2v) is 8.44. The van der Waals surface area contributed by atoms with Crippen molar-refractivity contribution < 1.29 is 14.6 Å². The Labute approximate surface area is 186 Å². The van der Waals surface area contributed by atoms with Crippen molar-refractivity contribution in [3.63, 3.8) is 0 Å². The number of amides is 1. The highest BCUT2D eigenvalue weighted by Gasteiger charge is 2.29. The smallest absolute Gasteiger partial charge is 0.328 e. The van der Waals surface area contributed by atoms with E-state index in [0.717, 1.165) is 25.4 Å². The molecule has 0 saturated carbocycles. The van der Waals surface area contributed by atoms with Gasteiger partial charge in [-0.2, -0.15) is 0 Å². The van der Waals surface area contributed by atoms with Crippen LogP contribution < -0.4 is 16.0 Å². The van der Waals surface area contributed by atoms with Crippen molar-refractivity contribution in [3.05, 3.63) is 62.9 Å².